The van der Waals surface area contributed by atoms with Crippen molar-refractivity contribution in [3.63, 3.8) is 0 Å². The van der Waals surface area contributed by atoms with Crippen LogP contribution in [-0.4, -0.2) is 25.9 Å². The average Bonchev–Trinajstić information content (AvgIpc) is 2.47. The maximum atomic E-state index is 11.9. The number of hydrogen-bond acceptors (Lipinski definition) is 3. The molecule has 0 radical (unpaired) electrons. The second-order valence-corrected chi connectivity index (χ2v) is 5.78. The Morgan fingerprint density at radius 3 is 2.05 bits per heavy atom. The lowest BCUT2D eigenvalue weighted by Crippen LogP contribution is -2.29. The smallest absolute Gasteiger partial charge is 0.314 e. The van der Waals surface area contributed by atoms with Crippen LogP contribution in [0.3, 0.4) is 0 Å². The number of rotatable bonds is 3. The van der Waals surface area contributed by atoms with E-state index in [4.69, 9.17) is 0 Å². The number of halogens is 1. The molecule has 0 aliphatic carbocycles. The normalized spacial score (nSPS) is 9.95. The molecule has 5 nitrogen and oxygen atoms in total. The molecule has 0 fully saturated rings. The minimum absolute atomic E-state index is 0.553. The molecule has 6 heteroatoms. The Balaban J connectivity index is 1.98. The fourth-order valence-corrected chi connectivity index (χ4v) is 2.18. The first-order chi connectivity index (χ1) is 10.5. The Bertz CT molecular complexity index is 684. The van der Waals surface area contributed by atoms with E-state index in [2.05, 4.69) is 26.6 Å². The van der Waals surface area contributed by atoms with E-state index in [1.54, 1.807) is 30.3 Å². The molecular weight excluding hydrogens is 346 g/mol. The van der Waals surface area contributed by atoms with Crippen molar-refractivity contribution in [2.24, 2.45) is 0 Å². The molecule has 2 aromatic carbocycles. The van der Waals surface area contributed by atoms with Gasteiger partial charge in [-0.2, -0.15) is 0 Å². The summed E-state index contributed by atoms with van der Waals surface area (Å²) in [6, 6.07) is 14.3. The number of nitrogens with zero attached hydrogens (tertiary/aromatic N) is 1. The maximum Gasteiger partial charge on any atom is 0.314 e. The van der Waals surface area contributed by atoms with Gasteiger partial charge in [0, 0.05) is 35.6 Å². The van der Waals surface area contributed by atoms with E-state index >= 15 is 0 Å². The highest BCUT2D eigenvalue weighted by Crippen LogP contribution is 2.17. The highest BCUT2D eigenvalue weighted by molar-refractivity contribution is 9.10. The number of nitrogens with one attached hydrogen (secondary N) is 2. The lowest BCUT2D eigenvalue weighted by atomic mass is 10.2. The van der Waals surface area contributed by atoms with Crippen LogP contribution in [0.4, 0.5) is 17.1 Å². The molecule has 0 aliphatic heterocycles. The van der Waals surface area contributed by atoms with Gasteiger partial charge in [0.1, 0.15) is 0 Å². The summed E-state index contributed by atoms with van der Waals surface area (Å²) in [6.07, 6.45) is 0. The van der Waals surface area contributed by atoms with E-state index in [1.165, 1.54) is 0 Å². The Hall–Kier alpha value is -2.34. The largest absolute Gasteiger partial charge is 0.378 e. The molecule has 0 bridgehead atoms. The highest BCUT2D eigenvalue weighted by atomic mass is 79.9. The third-order valence-electron chi connectivity index (χ3n) is 2.93. The number of benzene rings is 2. The topological polar surface area (TPSA) is 61.4 Å². The summed E-state index contributed by atoms with van der Waals surface area (Å²) in [4.78, 5) is 25.7. The van der Waals surface area contributed by atoms with Gasteiger partial charge >= 0.3 is 11.8 Å². The van der Waals surface area contributed by atoms with Crippen LogP contribution in [0, 0.1) is 0 Å². The van der Waals surface area contributed by atoms with E-state index in [0.29, 0.717) is 11.4 Å². The fraction of sp³-hybridized carbons (Fsp3) is 0.125. The summed E-state index contributed by atoms with van der Waals surface area (Å²) in [5, 5.41) is 5.10. The molecule has 0 spiro atoms. The zero-order valence-electron chi connectivity index (χ0n) is 12.3. The molecule has 0 unspecified atom stereocenters. The molecular formula is C16H16BrN3O2. The summed E-state index contributed by atoms with van der Waals surface area (Å²) >= 11 is 3.31. The summed E-state index contributed by atoms with van der Waals surface area (Å²) in [5.41, 5.74) is 2.13. The third kappa shape index (κ3) is 4.33. The predicted molar refractivity (Wildman–Crippen MR) is 92.2 cm³/mol. The molecule has 0 aromatic heterocycles. The molecule has 0 heterocycles. The molecule has 0 saturated carbocycles. The number of carbonyl (C=O) groups is 2. The quantitative estimate of drug-likeness (QED) is 0.825. The maximum absolute atomic E-state index is 11.9. The minimum Gasteiger partial charge on any atom is -0.378 e. The van der Waals surface area contributed by atoms with Gasteiger partial charge in [0.15, 0.2) is 0 Å². The Morgan fingerprint density at radius 2 is 1.50 bits per heavy atom. The van der Waals surface area contributed by atoms with Crippen LogP contribution in [0.5, 0.6) is 0 Å². The van der Waals surface area contributed by atoms with E-state index < -0.39 is 11.8 Å². The Morgan fingerprint density at radius 1 is 0.909 bits per heavy atom. The van der Waals surface area contributed by atoms with Crippen molar-refractivity contribution in [3.8, 4) is 0 Å². The van der Waals surface area contributed by atoms with Gasteiger partial charge in [0.25, 0.3) is 0 Å². The van der Waals surface area contributed by atoms with Crippen molar-refractivity contribution in [3.05, 3.63) is 53.0 Å². The van der Waals surface area contributed by atoms with E-state index in [9.17, 15) is 9.59 Å². The van der Waals surface area contributed by atoms with Crippen molar-refractivity contribution in [2.75, 3.05) is 29.6 Å². The van der Waals surface area contributed by atoms with Gasteiger partial charge in [0.2, 0.25) is 0 Å². The molecule has 0 saturated heterocycles. The zero-order chi connectivity index (χ0) is 16.1. The van der Waals surface area contributed by atoms with Crippen LogP contribution >= 0.6 is 15.9 Å². The van der Waals surface area contributed by atoms with Crippen molar-refractivity contribution < 1.29 is 9.59 Å². The van der Waals surface area contributed by atoms with Crippen LogP contribution in [0.15, 0.2) is 53.0 Å². The second kappa shape index (κ2) is 7.09. The molecule has 2 amide bonds. The number of amides is 2. The van der Waals surface area contributed by atoms with Gasteiger partial charge in [-0.25, -0.2) is 0 Å². The average molecular weight is 362 g/mol. The summed E-state index contributed by atoms with van der Waals surface area (Å²) < 4.78 is 0.824. The van der Waals surface area contributed by atoms with E-state index in [-0.39, 0.29) is 0 Å². The van der Waals surface area contributed by atoms with Crippen molar-refractivity contribution >= 4 is 44.8 Å². The van der Waals surface area contributed by atoms with Crippen LogP contribution in [0.1, 0.15) is 0 Å². The standard InChI is InChI=1S/C16H16BrN3O2/c1-20(2)14-8-6-12(7-9-14)18-15(21)16(22)19-13-5-3-4-11(17)10-13/h3-10H,1-2H3,(H,18,21)(H,19,22). The lowest BCUT2D eigenvalue weighted by Gasteiger charge is -2.13. The first kappa shape index (κ1) is 16.0. The van der Waals surface area contributed by atoms with Crippen LogP contribution in [0.2, 0.25) is 0 Å². The second-order valence-electron chi connectivity index (χ2n) is 4.86. The minimum atomic E-state index is -0.713. The van der Waals surface area contributed by atoms with Crippen LogP contribution in [0.25, 0.3) is 0 Å². The van der Waals surface area contributed by atoms with Crippen molar-refractivity contribution in [1.29, 1.82) is 0 Å². The molecule has 0 aliphatic rings. The van der Waals surface area contributed by atoms with Crippen molar-refractivity contribution in [2.45, 2.75) is 0 Å². The summed E-state index contributed by atoms with van der Waals surface area (Å²) in [6.45, 7) is 0. The monoisotopic (exact) mass is 361 g/mol. The molecule has 2 aromatic rings. The number of carbonyl (C=O) groups excluding carboxylic acids is 2. The van der Waals surface area contributed by atoms with Gasteiger partial charge in [-0.15, -0.1) is 0 Å². The van der Waals surface area contributed by atoms with Gasteiger partial charge in [-0.1, -0.05) is 22.0 Å². The van der Waals surface area contributed by atoms with E-state index in [1.807, 2.05) is 37.2 Å². The zero-order valence-corrected chi connectivity index (χ0v) is 13.8. The highest BCUT2D eigenvalue weighted by Gasteiger charge is 2.14. The summed E-state index contributed by atoms with van der Waals surface area (Å²) in [5.74, 6) is -1.42. The Labute approximate surface area is 137 Å². The predicted octanol–water partition coefficient (Wildman–Crippen LogP) is 3.09. The van der Waals surface area contributed by atoms with E-state index in [0.717, 1.165) is 10.2 Å². The van der Waals surface area contributed by atoms with Crippen molar-refractivity contribution in [1.82, 2.24) is 0 Å². The first-order valence-electron chi connectivity index (χ1n) is 6.61. The molecule has 114 valence electrons. The van der Waals surface area contributed by atoms with Gasteiger partial charge in [-0.3, -0.25) is 9.59 Å². The molecule has 2 rings (SSSR count). The molecule has 22 heavy (non-hydrogen) atoms. The third-order valence-corrected chi connectivity index (χ3v) is 3.42. The van der Waals surface area contributed by atoms with Crippen LogP contribution < -0.4 is 15.5 Å². The number of hydrogen-bond donors (Lipinski definition) is 2. The number of anilines is 3. The lowest BCUT2D eigenvalue weighted by molar-refractivity contribution is -0.132. The molecule has 2 N–H and O–H groups in total. The summed E-state index contributed by atoms with van der Waals surface area (Å²) in [7, 11) is 3.86. The van der Waals surface area contributed by atoms with Gasteiger partial charge in [0.05, 0.1) is 0 Å². The Kier molecular flexibility index (Phi) is 5.16. The van der Waals surface area contributed by atoms with Gasteiger partial charge < -0.3 is 15.5 Å². The van der Waals surface area contributed by atoms with Gasteiger partial charge in [-0.05, 0) is 42.5 Å². The SMILES string of the molecule is CN(C)c1ccc(NC(=O)C(=O)Nc2cccc(Br)c2)cc1. The first-order valence-corrected chi connectivity index (χ1v) is 7.40. The van der Waals surface area contributed by atoms with Crippen LogP contribution in [-0.2, 0) is 9.59 Å². The fourth-order valence-electron chi connectivity index (χ4n) is 1.78. The molecule has 0 atom stereocenters.